The van der Waals surface area contributed by atoms with Crippen molar-refractivity contribution in [1.82, 2.24) is 0 Å². The van der Waals surface area contributed by atoms with Crippen molar-refractivity contribution in [1.29, 1.82) is 0 Å². The highest BCUT2D eigenvalue weighted by Crippen LogP contribution is 2.39. The average Bonchev–Trinajstić information content (AvgIpc) is 2.46. The average molecular weight is 274 g/mol. The minimum atomic E-state index is -0.985. The lowest BCUT2D eigenvalue weighted by Crippen LogP contribution is -2.59. The molecular formula is C15H12ClNO2. The molecule has 1 aliphatic rings. The zero-order valence-electron chi connectivity index (χ0n) is 10.0. The van der Waals surface area contributed by atoms with Gasteiger partial charge in [0, 0.05) is 10.7 Å². The van der Waals surface area contributed by atoms with Crippen molar-refractivity contribution < 1.29 is 9.90 Å². The van der Waals surface area contributed by atoms with E-state index in [2.05, 4.69) is 0 Å². The van der Waals surface area contributed by atoms with Crippen LogP contribution in [-0.4, -0.2) is 17.1 Å². The van der Waals surface area contributed by atoms with Gasteiger partial charge in [-0.25, -0.2) is 0 Å². The summed E-state index contributed by atoms with van der Waals surface area (Å²) in [6, 6.07) is 16.2. The molecule has 2 aromatic carbocycles. The maximum absolute atomic E-state index is 11.9. The summed E-state index contributed by atoms with van der Waals surface area (Å²) < 4.78 is 0. The number of anilines is 1. The maximum atomic E-state index is 11.9. The van der Waals surface area contributed by atoms with Crippen LogP contribution in [0.1, 0.15) is 11.6 Å². The van der Waals surface area contributed by atoms with E-state index < -0.39 is 6.10 Å². The number of nitrogens with zero attached hydrogens (tertiary/aromatic N) is 1. The highest BCUT2D eigenvalue weighted by molar-refractivity contribution is 6.30. The van der Waals surface area contributed by atoms with E-state index in [1.807, 2.05) is 42.5 Å². The van der Waals surface area contributed by atoms with E-state index in [0.29, 0.717) is 5.02 Å². The zero-order chi connectivity index (χ0) is 13.4. The van der Waals surface area contributed by atoms with Gasteiger partial charge in [-0.3, -0.25) is 9.69 Å². The minimum Gasteiger partial charge on any atom is -0.381 e. The van der Waals surface area contributed by atoms with Crippen LogP contribution >= 0.6 is 11.6 Å². The summed E-state index contributed by atoms with van der Waals surface area (Å²) in [5.74, 6) is -0.272. The molecule has 4 heteroatoms. The third kappa shape index (κ3) is 2.01. The van der Waals surface area contributed by atoms with Crippen LogP contribution < -0.4 is 4.90 Å². The van der Waals surface area contributed by atoms with E-state index in [1.165, 1.54) is 0 Å². The van der Waals surface area contributed by atoms with Gasteiger partial charge in [-0.15, -0.1) is 0 Å². The molecule has 1 aliphatic heterocycles. The van der Waals surface area contributed by atoms with Crippen LogP contribution in [0.5, 0.6) is 0 Å². The Morgan fingerprint density at radius 3 is 2.26 bits per heavy atom. The van der Waals surface area contributed by atoms with Crippen LogP contribution in [0.2, 0.25) is 5.02 Å². The zero-order valence-corrected chi connectivity index (χ0v) is 10.8. The van der Waals surface area contributed by atoms with Gasteiger partial charge in [0.2, 0.25) is 0 Å². The predicted molar refractivity (Wildman–Crippen MR) is 74.1 cm³/mol. The lowest BCUT2D eigenvalue weighted by molar-refractivity contribution is -0.137. The van der Waals surface area contributed by atoms with E-state index in [9.17, 15) is 9.90 Å². The third-order valence-electron chi connectivity index (χ3n) is 3.31. The summed E-state index contributed by atoms with van der Waals surface area (Å²) in [6.45, 7) is 0. The molecule has 3 nitrogen and oxygen atoms in total. The number of para-hydroxylation sites is 1. The number of amides is 1. The van der Waals surface area contributed by atoms with E-state index in [4.69, 9.17) is 11.6 Å². The second-order valence-electron chi connectivity index (χ2n) is 4.49. The van der Waals surface area contributed by atoms with Gasteiger partial charge in [-0.2, -0.15) is 0 Å². The van der Waals surface area contributed by atoms with Gasteiger partial charge in [-0.1, -0.05) is 41.9 Å². The largest absolute Gasteiger partial charge is 0.381 e. The number of aliphatic hydroxyl groups is 1. The number of carbonyl (C=O) groups excluding carboxylic acids is 1. The summed E-state index contributed by atoms with van der Waals surface area (Å²) in [5, 5.41) is 10.5. The topological polar surface area (TPSA) is 40.5 Å². The summed E-state index contributed by atoms with van der Waals surface area (Å²) >= 11 is 5.85. The molecule has 96 valence electrons. The summed E-state index contributed by atoms with van der Waals surface area (Å²) in [4.78, 5) is 13.5. The third-order valence-corrected chi connectivity index (χ3v) is 3.57. The molecular weight excluding hydrogens is 262 g/mol. The van der Waals surface area contributed by atoms with Gasteiger partial charge in [0.25, 0.3) is 5.91 Å². The van der Waals surface area contributed by atoms with Gasteiger partial charge in [0.1, 0.15) is 0 Å². The maximum Gasteiger partial charge on any atom is 0.259 e. The fraction of sp³-hybridized carbons (Fsp3) is 0.133. The molecule has 1 amide bonds. The van der Waals surface area contributed by atoms with E-state index in [1.54, 1.807) is 17.0 Å². The summed E-state index contributed by atoms with van der Waals surface area (Å²) in [6.07, 6.45) is -0.985. The number of halogens is 1. The molecule has 1 N–H and O–H groups in total. The number of hydrogen-bond acceptors (Lipinski definition) is 2. The first-order valence-corrected chi connectivity index (χ1v) is 6.38. The van der Waals surface area contributed by atoms with E-state index in [-0.39, 0.29) is 11.9 Å². The number of rotatable bonds is 2. The Labute approximate surface area is 116 Å². The number of β-lactam (4-membered cyclic amide) rings is 1. The number of carbonyl (C=O) groups is 1. The Balaban J connectivity index is 1.96. The molecule has 3 rings (SSSR count). The smallest absolute Gasteiger partial charge is 0.259 e. The molecule has 0 bridgehead atoms. The van der Waals surface area contributed by atoms with Gasteiger partial charge >= 0.3 is 0 Å². The molecule has 0 aromatic heterocycles. The van der Waals surface area contributed by atoms with Gasteiger partial charge in [0.15, 0.2) is 6.10 Å². The van der Waals surface area contributed by atoms with Crippen molar-refractivity contribution in [3.63, 3.8) is 0 Å². The van der Waals surface area contributed by atoms with Crippen LogP contribution in [-0.2, 0) is 4.79 Å². The van der Waals surface area contributed by atoms with E-state index >= 15 is 0 Å². The molecule has 0 spiro atoms. The van der Waals surface area contributed by atoms with Crippen molar-refractivity contribution in [3.8, 4) is 0 Å². The van der Waals surface area contributed by atoms with Gasteiger partial charge in [-0.05, 0) is 29.8 Å². The molecule has 1 heterocycles. The minimum absolute atomic E-state index is 0.272. The van der Waals surface area contributed by atoms with E-state index in [0.717, 1.165) is 11.3 Å². The Kier molecular flexibility index (Phi) is 3.01. The van der Waals surface area contributed by atoms with Crippen molar-refractivity contribution in [2.24, 2.45) is 0 Å². The lowest BCUT2D eigenvalue weighted by atomic mass is 9.90. The van der Waals surface area contributed by atoms with Crippen LogP contribution in [0.15, 0.2) is 54.6 Å². The standard InChI is InChI=1S/C15H12ClNO2/c16-11-8-6-10(7-9-11)13-14(18)15(19)17(13)12-4-2-1-3-5-12/h1-9,13-14,18H. The highest BCUT2D eigenvalue weighted by Gasteiger charge is 2.47. The Morgan fingerprint density at radius 2 is 1.63 bits per heavy atom. The predicted octanol–water partition coefficient (Wildman–Crippen LogP) is 2.79. The van der Waals surface area contributed by atoms with Crippen molar-refractivity contribution >= 4 is 23.2 Å². The van der Waals surface area contributed by atoms with Crippen LogP contribution in [0.3, 0.4) is 0 Å². The first-order valence-electron chi connectivity index (χ1n) is 6.00. The van der Waals surface area contributed by atoms with Gasteiger partial charge < -0.3 is 5.11 Å². The Hall–Kier alpha value is -1.84. The lowest BCUT2D eigenvalue weighted by Gasteiger charge is -2.44. The quantitative estimate of drug-likeness (QED) is 0.855. The monoisotopic (exact) mass is 273 g/mol. The second-order valence-corrected chi connectivity index (χ2v) is 4.92. The fourth-order valence-electron chi connectivity index (χ4n) is 2.34. The molecule has 0 saturated carbocycles. The fourth-order valence-corrected chi connectivity index (χ4v) is 2.47. The molecule has 0 radical (unpaired) electrons. The first-order chi connectivity index (χ1) is 9.18. The molecule has 1 fully saturated rings. The molecule has 2 atom stereocenters. The van der Waals surface area contributed by atoms with Crippen LogP contribution in [0.25, 0.3) is 0 Å². The van der Waals surface area contributed by atoms with Gasteiger partial charge in [0.05, 0.1) is 6.04 Å². The Bertz CT molecular complexity index is 597. The summed E-state index contributed by atoms with van der Waals surface area (Å²) in [7, 11) is 0. The van der Waals surface area contributed by atoms with Crippen molar-refractivity contribution in [2.75, 3.05) is 4.90 Å². The SMILES string of the molecule is O=C1C(O)C(c2ccc(Cl)cc2)N1c1ccccc1. The first kappa shape index (κ1) is 12.2. The molecule has 2 aromatic rings. The second kappa shape index (κ2) is 4.68. The summed E-state index contributed by atoms with van der Waals surface area (Å²) in [5.41, 5.74) is 1.66. The molecule has 1 saturated heterocycles. The highest BCUT2D eigenvalue weighted by atomic mass is 35.5. The molecule has 0 aliphatic carbocycles. The van der Waals surface area contributed by atoms with Crippen LogP contribution in [0.4, 0.5) is 5.69 Å². The Morgan fingerprint density at radius 1 is 1.00 bits per heavy atom. The van der Waals surface area contributed by atoms with Crippen molar-refractivity contribution in [2.45, 2.75) is 12.1 Å². The number of benzene rings is 2. The van der Waals surface area contributed by atoms with Crippen molar-refractivity contribution in [3.05, 3.63) is 65.2 Å². The van der Waals surface area contributed by atoms with Crippen LogP contribution in [0, 0.1) is 0 Å². The molecule has 2 unspecified atom stereocenters. The normalized spacial score (nSPS) is 22.2. The number of aliphatic hydroxyl groups excluding tert-OH is 1. The molecule has 19 heavy (non-hydrogen) atoms. The number of hydrogen-bond donors (Lipinski definition) is 1.